The van der Waals surface area contributed by atoms with Gasteiger partial charge < -0.3 is 11.1 Å². The molecule has 1 heterocycles. The van der Waals surface area contributed by atoms with Crippen LogP contribution in [-0.2, 0) is 0 Å². The van der Waals surface area contributed by atoms with E-state index in [9.17, 15) is 4.79 Å². The van der Waals surface area contributed by atoms with Crippen molar-refractivity contribution in [2.75, 3.05) is 12.3 Å². The number of nitrogens with zero attached hydrogens (tertiary/aromatic N) is 2. The van der Waals surface area contributed by atoms with Gasteiger partial charge in [-0.15, -0.1) is 0 Å². The summed E-state index contributed by atoms with van der Waals surface area (Å²) in [4.78, 5) is 19.7. The van der Waals surface area contributed by atoms with E-state index in [1.54, 1.807) is 0 Å². The molecule has 0 atom stereocenters. The van der Waals surface area contributed by atoms with E-state index in [1.165, 1.54) is 44.5 Å². The van der Waals surface area contributed by atoms with Crippen LogP contribution in [0, 0.1) is 11.8 Å². The van der Waals surface area contributed by atoms with Gasteiger partial charge in [0.05, 0.1) is 12.4 Å². The summed E-state index contributed by atoms with van der Waals surface area (Å²) in [5.74, 6) is 1.57. The van der Waals surface area contributed by atoms with Crippen LogP contribution in [0.1, 0.15) is 49.5 Å². The van der Waals surface area contributed by atoms with Gasteiger partial charge in [0.2, 0.25) is 0 Å². The predicted octanol–water partition coefficient (Wildman–Crippen LogP) is 2.00. The zero-order chi connectivity index (χ0) is 13.7. The highest BCUT2D eigenvalue weighted by Gasteiger charge is 2.20. The molecule has 0 aliphatic heterocycles. The smallest absolute Gasteiger partial charge is 0.271 e. The average molecular weight is 262 g/mol. The summed E-state index contributed by atoms with van der Waals surface area (Å²) in [6.07, 6.45) is 9.15. The highest BCUT2D eigenvalue weighted by Crippen LogP contribution is 2.30. The van der Waals surface area contributed by atoms with Crippen molar-refractivity contribution in [3.05, 3.63) is 18.1 Å². The number of hydrogen-bond acceptors (Lipinski definition) is 4. The molecule has 2 rings (SSSR count). The van der Waals surface area contributed by atoms with E-state index in [4.69, 9.17) is 5.73 Å². The Morgan fingerprint density at radius 3 is 2.63 bits per heavy atom. The maximum absolute atomic E-state index is 11.9. The highest BCUT2D eigenvalue weighted by molar-refractivity contribution is 5.92. The van der Waals surface area contributed by atoms with Gasteiger partial charge in [0.15, 0.2) is 0 Å². The molecule has 0 aromatic carbocycles. The van der Waals surface area contributed by atoms with Crippen molar-refractivity contribution >= 4 is 11.7 Å². The standard InChI is InChI=1S/C14H22N4O/c1-2-10-3-5-11(6-4-10)7-17-14(19)12-8-16-9-13(15)18-12/h8-11H,2-7H2,1H3,(H2,15,18)(H,17,19). The van der Waals surface area contributed by atoms with Crippen LogP contribution in [0.5, 0.6) is 0 Å². The van der Waals surface area contributed by atoms with E-state index < -0.39 is 0 Å². The number of amides is 1. The number of aromatic nitrogens is 2. The Hall–Kier alpha value is -1.65. The lowest BCUT2D eigenvalue weighted by Gasteiger charge is -2.27. The molecule has 5 heteroatoms. The SMILES string of the molecule is CCC1CCC(CNC(=O)c2cncc(N)n2)CC1. The first-order chi connectivity index (χ1) is 9.19. The largest absolute Gasteiger partial charge is 0.382 e. The summed E-state index contributed by atoms with van der Waals surface area (Å²) in [7, 11) is 0. The Kier molecular flexibility index (Phi) is 4.71. The third-order valence-electron chi connectivity index (χ3n) is 3.98. The third-order valence-corrected chi connectivity index (χ3v) is 3.98. The molecule has 0 bridgehead atoms. The average Bonchev–Trinajstić information content (AvgIpc) is 2.45. The molecule has 1 aliphatic carbocycles. The molecule has 1 fully saturated rings. The fourth-order valence-electron chi connectivity index (χ4n) is 2.66. The highest BCUT2D eigenvalue weighted by atomic mass is 16.1. The Morgan fingerprint density at radius 2 is 2.00 bits per heavy atom. The van der Waals surface area contributed by atoms with Crippen LogP contribution in [0.3, 0.4) is 0 Å². The molecular formula is C14H22N4O. The van der Waals surface area contributed by atoms with Crippen LogP contribution in [0.25, 0.3) is 0 Å². The quantitative estimate of drug-likeness (QED) is 0.869. The summed E-state index contributed by atoms with van der Waals surface area (Å²) in [6, 6.07) is 0. The van der Waals surface area contributed by atoms with E-state index in [0.29, 0.717) is 11.6 Å². The lowest BCUT2D eigenvalue weighted by molar-refractivity contribution is 0.0936. The summed E-state index contributed by atoms with van der Waals surface area (Å²) in [5.41, 5.74) is 5.81. The van der Waals surface area contributed by atoms with Crippen LogP contribution in [-0.4, -0.2) is 22.4 Å². The van der Waals surface area contributed by atoms with Gasteiger partial charge in [-0.2, -0.15) is 0 Å². The minimum Gasteiger partial charge on any atom is -0.382 e. The minimum atomic E-state index is -0.183. The number of nitrogen functional groups attached to an aromatic ring is 1. The second-order valence-corrected chi connectivity index (χ2v) is 5.33. The van der Waals surface area contributed by atoms with Crippen molar-refractivity contribution in [3.63, 3.8) is 0 Å². The lowest BCUT2D eigenvalue weighted by Crippen LogP contribution is -2.32. The Morgan fingerprint density at radius 1 is 1.32 bits per heavy atom. The van der Waals surface area contributed by atoms with E-state index in [1.807, 2.05) is 0 Å². The molecule has 1 saturated carbocycles. The third kappa shape index (κ3) is 3.91. The van der Waals surface area contributed by atoms with E-state index >= 15 is 0 Å². The first-order valence-electron chi connectivity index (χ1n) is 7.04. The Labute approximate surface area is 114 Å². The molecule has 1 aliphatic rings. The molecule has 104 valence electrons. The van der Waals surface area contributed by atoms with Crippen LogP contribution in [0.15, 0.2) is 12.4 Å². The molecule has 0 unspecified atom stereocenters. The normalized spacial score (nSPS) is 23.0. The molecule has 0 saturated heterocycles. The van der Waals surface area contributed by atoms with E-state index in [2.05, 4.69) is 22.2 Å². The van der Waals surface area contributed by atoms with Crippen LogP contribution < -0.4 is 11.1 Å². The van der Waals surface area contributed by atoms with Gasteiger partial charge in [0.25, 0.3) is 5.91 Å². The van der Waals surface area contributed by atoms with Crippen molar-refractivity contribution in [1.29, 1.82) is 0 Å². The molecule has 1 aromatic rings. The van der Waals surface area contributed by atoms with Crippen molar-refractivity contribution in [2.45, 2.75) is 39.0 Å². The maximum atomic E-state index is 11.9. The van der Waals surface area contributed by atoms with Gasteiger partial charge in [0, 0.05) is 6.54 Å². The van der Waals surface area contributed by atoms with Gasteiger partial charge in [-0.25, -0.2) is 4.98 Å². The molecule has 1 aromatic heterocycles. The van der Waals surface area contributed by atoms with Gasteiger partial charge >= 0.3 is 0 Å². The molecule has 1 amide bonds. The van der Waals surface area contributed by atoms with Crippen LogP contribution >= 0.6 is 0 Å². The fraction of sp³-hybridized carbons (Fsp3) is 0.643. The van der Waals surface area contributed by atoms with Crippen LogP contribution in [0.4, 0.5) is 5.82 Å². The number of nitrogens with two attached hydrogens (primary N) is 1. The zero-order valence-electron chi connectivity index (χ0n) is 11.4. The van der Waals surface area contributed by atoms with Gasteiger partial charge in [0.1, 0.15) is 11.5 Å². The molecule has 3 N–H and O–H groups in total. The van der Waals surface area contributed by atoms with Crippen molar-refractivity contribution < 1.29 is 4.79 Å². The number of rotatable bonds is 4. The summed E-state index contributed by atoms with van der Waals surface area (Å²) < 4.78 is 0. The second-order valence-electron chi connectivity index (χ2n) is 5.33. The number of nitrogens with one attached hydrogen (secondary N) is 1. The first kappa shape index (κ1) is 13.8. The van der Waals surface area contributed by atoms with Gasteiger partial charge in [-0.3, -0.25) is 9.78 Å². The molecule has 0 radical (unpaired) electrons. The number of hydrogen-bond donors (Lipinski definition) is 2. The lowest BCUT2D eigenvalue weighted by atomic mass is 9.81. The summed E-state index contributed by atoms with van der Waals surface area (Å²) in [6.45, 7) is 2.98. The molecule has 0 spiro atoms. The summed E-state index contributed by atoms with van der Waals surface area (Å²) >= 11 is 0. The topological polar surface area (TPSA) is 80.9 Å². The Bertz CT molecular complexity index is 427. The van der Waals surface area contributed by atoms with Crippen molar-refractivity contribution in [2.24, 2.45) is 11.8 Å². The van der Waals surface area contributed by atoms with Gasteiger partial charge in [-0.1, -0.05) is 26.2 Å². The van der Waals surface area contributed by atoms with E-state index in [0.717, 1.165) is 12.5 Å². The predicted molar refractivity (Wildman–Crippen MR) is 74.5 cm³/mol. The van der Waals surface area contributed by atoms with Gasteiger partial charge in [-0.05, 0) is 24.7 Å². The zero-order valence-corrected chi connectivity index (χ0v) is 11.4. The molecule has 19 heavy (non-hydrogen) atoms. The van der Waals surface area contributed by atoms with Crippen molar-refractivity contribution in [1.82, 2.24) is 15.3 Å². The molecular weight excluding hydrogens is 240 g/mol. The number of carbonyl (C=O) groups is 1. The monoisotopic (exact) mass is 262 g/mol. The minimum absolute atomic E-state index is 0.183. The van der Waals surface area contributed by atoms with E-state index in [-0.39, 0.29) is 11.7 Å². The van der Waals surface area contributed by atoms with Crippen LogP contribution in [0.2, 0.25) is 0 Å². The number of carbonyl (C=O) groups excluding carboxylic acids is 1. The maximum Gasteiger partial charge on any atom is 0.271 e. The Balaban J connectivity index is 1.78. The fourth-order valence-corrected chi connectivity index (χ4v) is 2.66. The summed E-state index contributed by atoms with van der Waals surface area (Å²) in [5, 5.41) is 2.93. The molecule has 5 nitrogen and oxygen atoms in total. The number of anilines is 1. The van der Waals surface area contributed by atoms with Crippen molar-refractivity contribution in [3.8, 4) is 0 Å². The first-order valence-corrected chi connectivity index (χ1v) is 7.04. The second kappa shape index (κ2) is 6.50.